The van der Waals surface area contributed by atoms with E-state index in [0.717, 1.165) is 28.5 Å². The van der Waals surface area contributed by atoms with Crippen molar-refractivity contribution < 1.29 is 9.53 Å². The Hall–Kier alpha value is -1.90. The molecule has 2 aromatic rings. The Labute approximate surface area is 87.7 Å². The summed E-state index contributed by atoms with van der Waals surface area (Å²) in [6.45, 7) is 1.98. The van der Waals surface area contributed by atoms with Crippen LogP contribution < -0.4 is 4.74 Å². The molecule has 3 nitrogen and oxygen atoms in total. The molecule has 1 aromatic heterocycles. The highest BCUT2D eigenvalue weighted by Crippen LogP contribution is 2.23. The van der Waals surface area contributed by atoms with Crippen LogP contribution in [0.4, 0.5) is 0 Å². The summed E-state index contributed by atoms with van der Waals surface area (Å²) < 4.78 is 5.20. The summed E-state index contributed by atoms with van der Waals surface area (Å²) >= 11 is 0. The lowest BCUT2D eigenvalue weighted by Gasteiger charge is -2.06. The smallest absolute Gasteiger partial charge is 0.168 e. The van der Waals surface area contributed by atoms with E-state index in [9.17, 15) is 4.79 Å². The van der Waals surface area contributed by atoms with Gasteiger partial charge in [0.2, 0.25) is 0 Å². The van der Waals surface area contributed by atoms with Crippen LogP contribution in [0.1, 0.15) is 16.1 Å². The van der Waals surface area contributed by atoms with Gasteiger partial charge in [-0.05, 0) is 24.6 Å². The summed E-state index contributed by atoms with van der Waals surface area (Å²) in [5.74, 6) is 0.790. The third kappa shape index (κ3) is 1.68. The zero-order chi connectivity index (χ0) is 10.8. The van der Waals surface area contributed by atoms with Gasteiger partial charge in [-0.25, -0.2) is 4.98 Å². The molecule has 3 heteroatoms. The molecule has 0 spiro atoms. The van der Waals surface area contributed by atoms with E-state index in [-0.39, 0.29) is 0 Å². The molecule has 0 radical (unpaired) electrons. The maximum absolute atomic E-state index is 10.6. The third-order valence-corrected chi connectivity index (χ3v) is 2.35. The first-order chi connectivity index (χ1) is 7.24. The number of nitrogens with zero attached hydrogens (tertiary/aromatic N) is 1. The van der Waals surface area contributed by atoms with E-state index in [1.165, 1.54) is 0 Å². The predicted octanol–water partition coefficient (Wildman–Crippen LogP) is 2.36. The third-order valence-electron chi connectivity index (χ3n) is 2.35. The molecule has 1 aromatic carbocycles. The van der Waals surface area contributed by atoms with E-state index >= 15 is 0 Å². The standard InChI is InChI=1S/C12H11NO2/c1-8-5-9-3-4-10(7-14)13-11(9)6-12(8)15-2/h3-7H,1-2H3. The minimum Gasteiger partial charge on any atom is -0.496 e. The van der Waals surface area contributed by atoms with Crippen LogP contribution in [0.3, 0.4) is 0 Å². The molecule has 15 heavy (non-hydrogen) atoms. The molecule has 0 atom stereocenters. The van der Waals surface area contributed by atoms with Crippen molar-refractivity contribution >= 4 is 17.2 Å². The topological polar surface area (TPSA) is 39.2 Å². The van der Waals surface area contributed by atoms with Crippen molar-refractivity contribution in [2.24, 2.45) is 0 Å². The number of fused-ring (bicyclic) bond motifs is 1. The van der Waals surface area contributed by atoms with Gasteiger partial charge in [0.15, 0.2) is 6.29 Å². The summed E-state index contributed by atoms with van der Waals surface area (Å²) in [7, 11) is 1.62. The van der Waals surface area contributed by atoms with Crippen LogP contribution in [0, 0.1) is 6.92 Å². The average molecular weight is 201 g/mol. The fourth-order valence-electron chi connectivity index (χ4n) is 1.57. The number of carbonyl (C=O) groups excluding carboxylic acids is 1. The number of aromatic nitrogens is 1. The summed E-state index contributed by atoms with van der Waals surface area (Å²) in [5, 5.41) is 1.01. The van der Waals surface area contributed by atoms with E-state index in [4.69, 9.17) is 4.74 Å². The Kier molecular flexibility index (Phi) is 2.37. The molecule has 0 N–H and O–H groups in total. The molecule has 76 valence electrons. The number of carbonyl (C=O) groups is 1. The van der Waals surface area contributed by atoms with E-state index < -0.39 is 0 Å². The van der Waals surface area contributed by atoms with Crippen molar-refractivity contribution in [2.45, 2.75) is 6.92 Å². The first-order valence-corrected chi connectivity index (χ1v) is 4.65. The zero-order valence-corrected chi connectivity index (χ0v) is 8.65. The molecule has 2 rings (SSSR count). The molecule has 0 bridgehead atoms. The molecule has 0 fully saturated rings. The largest absolute Gasteiger partial charge is 0.496 e. The lowest BCUT2D eigenvalue weighted by atomic mass is 10.1. The summed E-state index contributed by atoms with van der Waals surface area (Å²) in [4.78, 5) is 14.8. The maximum Gasteiger partial charge on any atom is 0.168 e. The normalized spacial score (nSPS) is 10.3. The second kappa shape index (κ2) is 3.69. The first kappa shape index (κ1) is 9.65. The monoisotopic (exact) mass is 201 g/mol. The van der Waals surface area contributed by atoms with Gasteiger partial charge in [-0.15, -0.1) is 0 Å². The maximum atomic E-state index is 10.6. The van der Waals surface area contributed by atoms with Crippen molar-refractivity contribution in [1.29, 1.82) is 0 Å². The number of hydrogen-bond acceptors (Lipinski definition) is 3. The van der Waals surface area contributed by atoms with Crippen LogP contribution in [0.15, 0.2) is 24.3 Å². The molecular formula is C12H11NO2. The van der Waals surface area contributed by atoms with E-state index in [1.54, 1.807) is 13.2 Å². The summed E-state index contributed by atoms with van der Waals surface area (Å²) in [5.41, 5.74) is 2.28. The van der Waals surface area contributed by atoms with Crippen molar-refractivity contribution in [2.75, 3.05) is 7.11 Å². The zero-order valence-electron chi connectivity index (χ0n) is 8.65. The second-order valence-corrected chi connectivity index (χ2v) is 3.37. The van der Waals surface area contributed by atoms with Crippen LogP contribution in [0.25, 0.3) is 10.9 Å². The van der Waals surface area contributed by atoms with Crippen molar-refractivity contribution in [3.8, 4) is 5.75 Å². The minimum atomic E-state index is 0.438. The van der Waals surface area contributed by atoms with E-state index in [0.29, 0.717) is 5.69 Å². The van der Waals surface area contributed by atoms with Crippen LogP contribution >= 0.6 is 0 Å². The van der Waals surface area contributed by atoms with Crippen LogP contribution in [0.5, 0.6) is 5.75 Å². The van der Waals surface area contributed by atoms with Gasteiger partial charge in [0.05, 0.1) is 12.6 Å². The van der Waals surface area contributed by atoms with Crippen LogP contribution in [-0.2, 0) is 0 Å². The van der Waals surface area contributed by atoms with Gasteiger partial charge in [0, 0.05) is 11.5 Å². The van der Waals surface area contributed by atoms with E-state index in [1.807, 2.05) is 25.1 Å². The van der Waals surface area contributed by atoms with Crippen molar-refractivity contribution in [3.05, 3.63) is 35.5 Å². The average Bonchev–Trinajstić information content (AvgIpc) is 2.27. The molecule has 0 aliphatic heterocycles. The molecule has 0 saturated heterocycles. The molecule has 0 saturated carbocycles. The lowest BCUT2D eigenvalue weighted by Crippen LogP contribution is -1.91. The Morgan fingerprint density at radius 2 is 2.13 bits per heavy atom. The van der Waals surface area contributed by atoms with Crippen molar-refractivity contribution in [1.82, 2.24) is 4.98 Å². The number of aldehydes is 1. The van der Waals surface area contributed by atoms with Gasteiger partial charge in [-0.2, -0.15) is 0 Å². The Balaban J connectivity index is 2.71. The fourth-order valence-corrected chi connectivity index (χ4v) is 1.57. The molecule has 0 amide bonds. The minimum absolute atomic E-state index is 0.438. The van der Waals surface area contributed by atoms with Gasteiger partial charge in [-0.1, -0.05) is 6.07 Å². The molecule has 0 aliphatic carbocycles. The lowest BCUT2D eigenvalue weighted by molar-refractivity contribution is 0.111. The van der Waals surface area contributed by atoms with E-state index in [2.05, 4.69) is 4.98 Å². The number of benzene rings is 1. The number of ether oxygens (including phenoxy) is 1. The SMILES string of the molecule is COc1cc2nc(C=O)ccc2cc1C. The quantitative estimate of drug-likeness (QED) is 0.700. The van der Waals surface area contributed by atoms with Crippen LogP contribution in [-0.4, -0.2) is 18.4 Å². The molecular weight excluding hydrogens is 190 g/mol. The Bertz CT molecular complexity index is 520. The Morgan fingerprint density at radius 1 is 1.33 bits per heavy atom. The summed E-state index contributed by atoms with van der Waals surface area (Å²) in [6, 6.07) is 7.44. The van der Waals surface area contributed by atoms with Crippen LogP contribution in [0.2, 0.25) is 0 Å². The van der Waals surface area contributed by atoms with Gasteiger partial charge < -0.3 is 4.74 Å². The van der Waals surface area contributed by atoms with Gasteiger partial charge in [-0.3, -0.25) is 4.79 Å². The predicted molar refractivity (Wildman–Crippen MR) is 58.4 cm³/mol. The number of aryl methyl sites for hydroxylation is 1. The number of pyridine rings is 1. The highest BCUT2D eigenvalue weighted by Gasteiger charge is 2.03. The van der Waals surface area contributed by atoms with Gasteiger partial charge in [0.1, 0.15) is 11.4 Å². The number of rotatable bonds is 2. The highest BCUT2D eigenvalue weighted by molar-refractivity contribution is 5.85. The second-order valence-electron chi connectivity index (χ2n) is 3.37. The molecule has 0 unspecified atom stereocenters. The molecule has 1 heterocycles. The molecule has 0 aliphatic rings. The first-order valence-electron chi connectivity index (χ1n) is 4.65. The highest BCUT2D eigenvalue weighted by atomic mass is 16.5. The number of hydrogen-bond donors (Lipinski definition) is 0. The van der Waals surface area contributed by atoms with Crippen molar-refractivity contribution in [3.63, 3.8) is 0 Å². The van der Waals surface area contributed by atoms with Gasteiger partial charge in [0.25, 0.3) is 0 Å². The number of methoxy groups -OCH3 is 1. The fraction of sp³-hybridized carbons (Fsp3) is 0.167. The summed E-state index contributed by atoms with van der Waals surface area (Å²) in [6.07, 6.45) is 0.742. The van der Waals surface area contributed by atoms with Gasteiger partial charge >= 0.3 is 0 Å². The Morgan fingerprint density at radius 3 is 2.80 bits per heavy atom.